The molecule has 0 spiro atoms. The molecular weight excluding hydrogens is 255 g/mol. The zero-order chi connectivity index (χ0) is 14.9. The van der Waals surface area contributed by atoms with Crippen molar-refractivity contribution in [1.82, 2.24) is 5.16 Å². The van der Waals surface area contributed by atoms with Gasteiger partial charge in [0.2, 0.25) is 5.88 Å². The molecule has 108 valence electrons. The van der Waals surface area contributed by atoms with Gasteiger partial charge in [-0.3, -0.25) is 0 Å². The van der Waals surface area contributed by atoms with Crippen molar-refractivity contribution >= 4 is 5.88 Å². The molecular formula is C16H21FN2O. The van der Waals surface area contributed by atoms with E-state index >= 15 is 0 Å². The van der Waals surface area contributed by atoms with E-state index in [1.165, 1.54) is 12.1 Å². The van der Waals surface area contributed by atoms with E-state index in [4.69, 9.17) is 10.3 Å². The maximum absolute atomic E-state index is 13.0. The number of nitrogens with zero attached hydrogens (tertiary/aromatic N) is 1. The largest absolute Gasteiger partial charge is 0.367 e. The van der Waals surface area contributed by atoms with Crippen molar-refractivity contribution < 1.29 is 8.91 Å². The summed E-state index contributed by atoms with van der Waals surface area (Å²) in [6, 6.07) is 6.23. The van der Waals surface area contributed by atoms with Crippen molar-refractivity contribution in [3.05, 3.63) is 35.8 Å². The van der Waals surface area contributed by atoms with Crippen LogP contribution in [0, 0.1) is 17.2 Å². The molecule has 1 atom stereocenters. The van der Waals surface area contributed by atoms with Gasteiger partial charge in [-0.2, -0.15) is 0 Å². The van der Waals surface area contributed by atoms with Crippen LogP contribution in [-0.4, -0.2) is 5.16 Å². The van der Waals surface area contributed by atoms with E-state index in [2.05, 4.69) is 32.9 Å². The first-order valence-electron chi connectivity index (χ1n) is 6.79. The van der Waals surface area contributed by atoms with Crippen LogP contribution in [0.25, 0.3) is 11.1 Å². The van der Waals surface area contributed by atoms with Crippen LogP contribution in [0.2, 0.25) is 0 Å². The predicted octanol–water partition coefficient (Wildman–Crippen LogP) is 4.29. The van der Waals surface area contributed by atoms with Gasteiger partial charge in [-0.05, 0) is 35.4 Å². The van der Waals surface area contributed by atoms with Crippen LogP contribution in [0.15, 0.2) is 28.8 Å². The van der Waals surface area contributed by atoms with Crippen LogP contribution in [-0.2, 0) is 6.42 Å². The normalized spacial score (nSPS) is 13.4. The second kappa shape index (κ2) is 5.27. The summed E-state index contributed by atoms with van der Waals surface area (Å²) in [5.74, 6) is 0.437. The van der Waals surface area contributed by atoms with Crippen LogP contribution in [0.1, 0.15) is 33.4 Å². The van der Waals surface area contributed by atoms with Crippen LogP contribution >= 0.6 is 0 Å². The van der Waals surface area contributed by atoms with E-state index < -0.39 is 0 Å². The second-order valence-electron chi connectivity index (χ2n) is 6.35. The Kier molecular flexibility index (Phi) is 3.84. The topological polar surface area (TPSA) is 52.0 Å². The first-order chi connectivity index (χ1) is 9.29. The third-order valence-corrected chi connectivity index (χ3v) is 3.90. The Balaban J connectivity index is 2.35. The number of nitrogens with two attached hydrogens (primary N) is 1. The quantitative estimate of drug-likeness (QED) is 0.910. The minimum absolute atomic E-state index is 0.174. The number of halogens is 1. The molecule has 3 nitrogen and oxygen atoms in total. The lowest BCUT2D eigenvalue weighted by molar-refractivity contribution is 0.255. The fourth-order valence-corrected chi connectivity index (χ4v) is 2.00. The molecule has 1 heterocycles. The van der Waals surface area contributed by atoms with Crippen LogP contribution in [0.3, 0.4) is 0 Å². The fraction of sp³-hybridized carbons (Fsp3) is 0.438. The Morgan fingerprint density at radius 2 is 1.85 bits per heavy atom. The van der Waals surface area contributed by atoms with E-state index in [9.17, 15) is 4.39 Å². The molecule has 4 heteroatoms. The maximum atomic E-state index is 13.0. The molecule has 1 aromatic heterocycles. The fourth-order valence-electron chi connectivity index (χ4n) is 2.00. The Morgan fingerprint density at radius 3 is 2.40 bits per heavy atom. The average molecular weight is 276 g/mol. The lowest BCUT2D eigenvalue weighted by Gasteiger charge is -2.26. The molecule has 2 aromatic rings. The Morgan fingerprint density at radius 1 is 1.25 bits per heavy atom. The van der Waals surface area contributed by atoms with Crippen molar-refractivity contribution in [2.45, 2.75) is 34.1 Å². The summed E-state index contributed by atoms with van der Waals surface area (Å²) < 4.78 is 18.2. The summed E-state index contributed by atoms with van der Waals surface area (Å²) in [5, 5.41) is 4.07. The molecule has 1 unspecified atom stereocenters. The third kappa shape index (κ3) is 3.00. The molecule has 0 bridgehead atoms. The number of nitrogen functional groups attached to an aromatic ring is 1. The number of anilines is 1. The molecule has 2 rings (SSSR count). The highest BCUT2D eigenvalue weighted by Gasteiger charge is 2.24. The summed E-state index contributed by atoms with van der Waals surface area (Å²) in [6.45, 7) is 8.76. The van der Waals surface area contributed by atoms with Gasteiger partial charge in [-0.1, -0.05) is 45.0 Å². The molecule has 0 saturated carbocycles. The zero-order valence-electron chi connectivity index (χ0n) is 12.4. The molecule has 0 aliphatic carbocycles. The van der Waals surface area contributed by atoms with Gasteiger partial charge in [0.15, 0.2) is 0 Å². The van der Waals surface area contributed by atoms with E-state index in [1.807, 2.05) is 0 Å². The average Bonchev–Trinajstić information content (AvgIpc) is 2.71. The number of hydrogen-bond donors (Lipinski definition) is 1. The second-order valence-corrected chi connectivity index (χ2v) is 6.35. The molecule has 2 N–H and O–H groups in total. The van der Waals surface area contributed by atoms with Gasteiger partial charge < -0.3 is 10.3 Å². The molecule has 1 aromatic carbocycles. The van der Waals surface area contributed by atoms with E-state index in [1.54, 1.807) is 12.1 Å². The van der Waals surface area contributed by atoms with Gasteiger partial charge in [0, 0.05) is 0 Å². The van der Waals surface area contributed by atoms with Gasteiger partial charge in [0.05, 0.1) is 11.3 Å². The molecule has 0 radical (unpaired) electrons. The summed E-state index contributed by atoms with van der Waals surface area (Å²) in [4.78, 5) is 0. The Labute approximate surface area is 119 Å². The molecule has 0 fully saturated rings. The van der Waals surface area contributed by atoms with Gasteiger partial charge in [0.1, 0.15) is 5.82 Å². The number of rotatable bonds is 3. The molecule has 0 aliphatic heterocycles. The van der Waals surface area contributed by atoms with Gasteiger partial charge >= 0.3 is 0 Å². The first kappa shape index (κ1) is 14.6. The SMILES string of the molecule is CC(Cc1noc(N)c1-c1ccc(F)cc1)C(C)(C)C. The summed E-state index contributed by atoms with van der Waals surface area (Å²) in [5.41, 5.74) is 8.49. The number of aromatic nitrogens is 1. The summed E-state index contributed by atoms with van der Waals surface area (Å²) in [6.07, 6.45) is 0.775. The molecule has 0 amide bonds. The monoisotopic (exact) mass is 276 g/mol. The van der Waals surface area contributed by atoms with E-state index in [-0.39, 0.29) is 17.1 Å². The number of benzene rings is 1. The lowest BCUT2D eigenvalue weighted by Crippen LogP contribution is -2.19. The highest BCUT2D eigenvalue weighted by molar-refractivity contribution is 5.74. The Bertz CT molecular complexity index is 582. The zero-order valence-corrected chi connectivity index (χ0v) is 12.4. The van der Waals surface area contributed by atoms with Crippen LogP contribution < -0.4 is 5.73 Å². The third-order valence-electron chi connectivity index (χ3n) is 3.90. The van der Waals surface area contributed by atoms with Crippen molar-refractivity contribution in [3.8, 4) is 11.1 Å². The minimum atomic E-state index is -0.270. The highest BCUT2D eigenvalue weighted by Crippen LogP contribution is 2.35. The standard InChI is InChI=1S/C16H21FN2O/c1-10(16(2,3)4)9-13-14(15(18)20-19-13)11-5-7-12(17)8-6-11/h5-8,10H,9,18H2,1-4H3. The van der Waals surface area contributed by atoms with Gasteiger partial charge in [-0.25, -0.2) is 4.39 Å². The number of hydrogen-bond acceptors (Lipinski definition) is 3. The highest BCUT2D eigenvalue weighted by atomic mass is 19.1. The first-order valence-corrected chi connectivity index (χ1v) is 6.79. The van der Waals surface area contributed by atoms with Crippen molar-refractivity contribution in [3.63, 3.8) is 0 Å². The Hall–Kier alpha value is -1.84. The van der Waals surface area contributed by atoms with Crippen molar-refractivity contribution in [1.29, 1.82) is 0 Å². The summed E-state index contributed by atoms with van der Waals surface area (Å²) >= 11 is 0. The smallest absolute Gasteiger partial charge is 0.230 e. The minimum Gasteiger partial charge on any atom is -0.367 e. The van der Waals surface area contributed by atoms with E-state index in [0.717, 1.165) is 23.2 Å². The van der Waals surface area contributed by atoms with Crippen molar-refractivity contribution in [2.24, 2.45) is 11.3 Å². The van der Waals surface area contributed by atoms with Gasteiger partial charge in [-0.15, -0.1) is 0 Å². The molecule has 20 heavy (non-hydrogen) atoms. The van der Waals surface area contributed by atoms with Crippen LogP contribution in [0.5, 0.6) is 0 Å². The lowest BCUT2D eigenvalue weighted by atomic mass is 9.79. The van der Waals surface area contributed by atoms with Gasteiger partial charge in [0.25, 0.3) is 0 Å². The predicted molar refractivity (Wildman–Crippen MR) is 78.6 cm³/mol. The van der Waals surface area contributed by atoms with Crippen LogP contribution in [0.4, 0.5) is 10.3 Å². The van der Waals surface area contributed by atoms with E-state index in [0.29, 0.717) is 5.92 Å². The summed E-state index contributed by atoms with van der Waals surface area (Å²) in [7, 11) is 0. The van der Waals surface area contributed by atoms with Crippen molar-refractivity contribution in [2.75, 3.05) is 5.73 Å². The molecule has 0 aliphatic rings. The maximum Gasteiger partial charge on any atom is 0.230 e. The molecule has 0 saturated heterocycles.